The standard InChI is InChI=1S/C13H11NS/c1-8-7-12-13(14-9(8)2)10-5-3-4-6-11(10)15-12/h3-7H,1-2H3. The summed E-state index contributed by atoms with van der Waals surface area (Å²) in [4.78, 5) is 4.67. The van der Waals surface area contributed by atoms with Gasteiger partial charge in [0, 0.05) is 15.8 Å². The van der Waals surface area contributed by atoms with Crippen LogP contribution in [0.15, 0.2) is 30.3 Å². The minimum atomic E-state index is 1.13. The monoisotopic (exact) mass is 213 g/mol. The molecule has 1 nitrogen and oxygen atoms in total. The van der Waals surface area contributed by atoms with E-state index in [1.165, 1.54) is 20.3 Å². The molecule has 0 fully saturated rings. The fourth-order valence-corrected chi connectivity index (χ4v) is 2.97. The number of fused-ring (bicyclic) bond motifs is 3. The number of nitrogens with zero attached hydrogens (tertiary/aromatic N) is 1. The van der Waals surface area contributed by atoms with Crippen LogP contribution in [0, 0.1) is 13.8 Å². The zero-order chi connectivity index (χ0) is 10.4. The third-order valence-electron chi connectivity index (χ3n) is 2.79. The molecule has 0 atom stereocenters. The first-order valence-corrected chi connectivity index (χ1v) is 5.83. The highest BCUT2D eigenvalue weighted by Crippen LogP contribution is 2.33. The molecule has 0 spiro atoms. The summed E-state index contributed by atoms with van der Waals surface area (Å²) in [6.45, 7) is 4.19. The maximum Gasteiger partial charge on any atom is 0.0891 e. The van der Waals surface area contributed by atoms with E-state index < -0.39 is 0 Å². The number of benzene rings is 1. The lowest BCUT2D eigenvalue weighted by atomic mass is 10.2. The van der Waals surface area contributed by atoms with Crippen molar-refractivity contribution in [3.8, 4) is 0 Å². The summed E-state index contributed by atoms with van der Waals surface area (Å²) >= 11 is 1.82. The molecule has 3 aromatic rings. The first kappa shape index (κ1) is 8.86. The molecule has 0 unspecified atom stereocenters. The summed E-state index contributed by atoms with van der Waals surface area (Å²) in [5, 5.41) is 1.28. The van der Waals surface area contributed by atoms with Crippen LogP contribution in [0.3, 0.4) is 0 Å². The molecule has 0 amide bonds. The van der Waals surface area contributed by atoms with Crippen molar-refractivity contribution >= 4 is 31.6 Å². The van der Waals surface area contributed by atoms with Gasteiger partial charge >= 0.3 is 0 Å². The predicted molar refractivity (Wildman–Crippen MR) is 66.6 cm³/mol. The molecule has 0 aliphatic heterocycles. The van der Waals surface area contributed by atoms with Crippen molar-refractivity contribution < 1.29 is 0 Å². The summed E-state index contributed by atoms with van der Waals surface area (Å²) < 4.78 is 2.62. The van der Waals surface area contributed by atoms with Gasteiger partial charge in [-0.2, -0.15) is 0 Å². The highest BCUT2D eigenvalue weighted by Gasteiger charge is 2.06. The summed E-state index contributed by atoms with van der Waals surface area (Å²) in [7, 11) is 0. The Morgan fingerprint density at radius 3 is 2.73 bits per heavy atom. The summed E-state index contributed by atoms with van der Waals surface area (Å²) in [5.74, 6) is 0. The lowest BCUT2D eigenvalue weighted by molar-refractivity contribution is 1.20. The Balaban J connectivity index is 2.56. The van der Waals surface area contributed by atoms with Gasteiger partial charge < -0.3 is 0 Å². The van der Waals surface area contributed by atoms with Crippen molar-refractivity contribution in [2.75, 3.05) is 0 Å². The summed E-state index contributed by atoms with van der Waals surface area (Å²) in [5.41, 5.74) is 3.55. The maximum atomic E-state index is 4.67. The second-order valence-corrected chi connectivity index (χ2v) is 4.92. The minimum Gasteiger partial charge on any atom is -0.251 e. The van der Waals surface area contributed by atoms with Crippen LogP contribution < -0.4 is 0 Å². The second-order valence-electron chi connectivity index (χ2n) is 3.84. The van der Waals surface area contributed by atoms with Crippen molar-refractivity contribution in [3.63, 3.8) is 0 Å². The molecule has 0 saturated heterocycles. The Bertz CT molecular complexity index is 652. The van der Waals surface area contributed by atoms with Gasteiger partial charge in [0.1, 0.15) is 0 Å². The Hall–Kier alpha value is -1.41. The molecule has 0 aliphatic rings. The first-order valence-electron chi connectivity index (χ1n) is 5.01. The highest BCUT2D eigenvalue weighted by atomic mass is 32.1. The molecule has 0 bridgehead atoms. The molecule has 2 heteroatoms. The number of rotatable bonds is 0. The fourth-order valence-electron chi connectivity index (χ4n) is 1.82. The van der Waals surface area contributed by atoms with Crippen molar-refractivity contribution in [2.45, 2.75) is 13.8 Å². The van der Waals surface area contributed by atoms with E-state index in [-0.39, 0.29) is 0 Å². The molecular weight excluding hydrogens is 202 g/mol. The molecule has 1 aromatic carbocycles. The Morgan fingerprint density at radius 1 is 1.07 bits per heavy atom. The molecule has 74 valence electrons. The van der Waals surface area contributed by atoms with Gasteiger partial charge in [0.25, 0.3) is 0 Å². The lowest BCUT2D eigenvalue weighted by Gasteiger charge is -1.98. The minimum absolute atomic E-state index is 1.13. The largest absolute Gasteiger partial charge is 0.251 e. The SMILES string of the molecule is Cc1cc2sc3ccccc3c2nc1C. The van der Waals surface area contributed by atoms with Gasteiger partial charge in [-0.1, -0.05) is 18.2 Å². The van der Waals surface area contributed by atoms with Crippen molar-refractivity contribution in [1.29, 1.82) is 0 Å². The van der Waals surface area contributed by atoms with Gasteiger partial charge in [-0.3, -0.25) is 4.98 Å². The molecule has 0 N–H and O–H groups in total. The van der Waals surface area contributed by atoms with E-state index in [0.717, 1.165) is 11.2 Å². The van der Waals surface area contributed by atoms with E-state index in [1.54, 1.807) is 0 Å². The molecular formula is C13H11NS. The third-order valence-corrected chi connectivity index (χ3v) is 3.90. The van der Waals surface area contributed by atoms with Gasteiger partial charge in [-0.15, -0.1) is 11.3 Å². The molecule has 15 heavy (non-hydrogen) atoms. The van der Waals surface area contributed by atoms with Gasteiger partial charge in [0.15, 0.2) is 0 Å². The summed E-state index contributed by atoms with van der Waals surface area (Å²) in [6.07, 6.45) is 0. The highest BCUT2D eigenvalue weighted by molar-refractivity contribution is 7.25. The fraction of sp³-hybridized carbons (Fsp3) is 0.154. The average Bonchev–Trinajstić information content (AvgIpc) is 2.57. The number of aromatic nitrogens is 1. The number of thiophene rings is 1. The van der Waals surface area contributed by atoms with Crippen molar-refractivity contribution in [3.05, 3.63) is 41.6 Å². The second kappa shape index (κ2) is 3.04. The molecule has 2 aromatic heterocycles. The number of hydrogen-bond acceptors (Lipinski definition) is 2. The molecule has 0 radical (unpaired) electrons. The van der Waals surface area contributed by atoms with Crippen molar-refractivity contribution in [2.24, 2.45) is 0 Å². The van der Waals surface area contributed by atoms with Gasteiger partial charge in [-0.25, -0.2) is 0 Å². The van der Waals surface area contributed by atoms with Gasteiger partial charge in [0.2, 0.25) is 0 Å². The lowest BCUT2D eigenvalue weighted by Crippen LogP contribution is -1.85. The molecule has 0 aliphatic carbocycles. The van der Waals surface area contributed by atoms with Crippen LogP contribution in [0.25, 0.3) is 20.3 Å². The first-order chi connectivity index (χ1) is 7.25. The topological polar surface area (TPSA) is 12.9 Å². The van der Waals surface area contributed by atoms with E-state index in [1.807, 2.05) is 11.3 Å². The average molecular weight is 213 g/mol. The van der Waals surface area contributed by atoms with E-state index in [4.69, 9.17) is 0 Å². The number of pyridine rings is 1. The van der Waals surface area contributed by atoms with Crippen LogP contribution in [-0.4, -0.2) is 4.98 Å². The summed E-state index contributed by atoms with van der Waals surface area (Å²) in [6, 6.07) is 10.7. The Morgan fingerprint density at radius 2 is 1.87 bits per heavy atom. The quantitative estimate of drug-likeness (QED) is 0.548. The van der Waals surface area contributed by atoms with Crippen LogP contribution in [-0.2, 0) is 0 Å². The van der Waals surface area contributed by atoms with Crippen LogP contribution in [0.1, 0.15) is 11.3 Å². The number of aryl methyl sites for hydroxylation is 2. The zero-order valence-electron chi connectivity index (χ0n) is 8.74. The van der Waals surface area contributed by atoms with Crippen LogP contribution in [0.5, 0.6) is 0 Å². The number of hydrogen-bond donors (Lipinski definition) is 0. The van der Waals surface area contributed by atoms with Crippen LogP contribution in [0.2, 0.25) is 0 Å². The van der Waals surface area contributed by atoms with E-state index in [9.17, 15) is 0 Å². The normalized spacial score (nSPS) is 11.3. The predicted octanol–water partition coefficient (Wildman–Crippen LogP) is 4.07. The van der Waals surface area contributed by atoms with Crippen molar-refractivity contribution in [1.82, 2.24) is 4.98 Å². The van der Waals surface area contributed by atoms with E-state index >= 15 is 0 Å². The van der Waals surface area contributed by atoms with Gasteiger partial charge in [0.05, 0.1) is 10.2 Å². The molecule has 0 saturated carbocycles. The maximum absolute atomic E-state index is 4.67. The Labute approximate surface area is 92.4 Å². The van der Waals surface area contributed by atoms with Crippen LogP contribution in [0.4, 0.5) is 0 Å². The van der Waals surface area contributed by atoms with E-state index in [0.29, 0.717) is 0 Å². The van der Waals surface area contributed by atoms with Crippen LogP contribution >= 0.6 is 11.3 Å². The smallest absolute Gasteiger partial charge is 0.0891 e. The van der Waals surface area contributed by atoms with Gasteiger partial charge in [-0.05, 0) is 31.5 Å². The molecule has 3 rings (SSSR count). The zero-order valence-corrected chi connectivity index (χ0v) is 9.56. The Kier molecular flexibility index (Phi) is 1.80. The molecule has 2 heterocycles. The van der Waals surface area contributed by atoms with E-state index in [2.05, 4.69) is 49.2 Å². The third kappa shape index (κ3) is 1.25.